The summed E-state index contributed by atoms with van der Waals surface area (Å²) >= 11 is 1.82. The lowest BCUT2D eigenvalue weighted by Gasteiger charge is -2.32. The molecule has 0 fully saturated rings. The van der Waals surface area contributed by atoms with Crippen LogP contribution in [0.15, 0.2) is 24.3 Å². The number of sulfone groups is 1. The molecule has 0 aliphatic heterocycles. The van der Waals surface area contributed by atoms with Gasteiger partial charge in [-0.2, -0.15) is 0 Å². The van der Waals surface area contributed by atoms with Gasteiger partial charge in [0.05, 0.1) is 0 Å². The fourth-order valence-corrected chi connectivity index (χ4v) is 5.90. The van der Waals surface area contributed by atoms with Crippen LogP contribution < -0.4 is 4.74 Å². The minimum Gasteiger partial charge on any atom is -0.478 e. The van der Waals surface area contributed by atoms with E-state index >= 15 is 0 Å². The number of carbonyl (C=O) groups excluding carboxylic acids is 1. The molecular formula is C26H38O4S2. The quantitative estimate of drug-likeness (QED) is 0.396. The first-order valence-electron chi connectivity index (χ1n) is 11.3. The van der Waals surface area contributed by atoms with Gasteiger partial charge in [-0.1, -0.05) is 46.8 Å². The molecule has 0 atom stereocenters. The van der Waals surface area contributed by atoms with Crippen molar-refractivity contribution in [1.29, 1.82) is 0 Å². The Morgan fingerprint density at radius 1 is 1.03 bits per heavy atom. The molecule has 0 N–H and O–H groups in total. The Balaban J connectivity index is 2.36. The number of aryl methyl sites for hydroxylation is 3. The summed E-state index contributed by atoms with van der Waals surface area (Å²) in [7, 11) is -3.20. The van der Waals surface area contributed by atoms with E-state index in [0.717, 1.165) is 24.8 Å². The van der Waals surface area contributed by atoms with Gasteiger partial charge in [-0.3, -0.25) is 4.79 Å². The van der Waals surface area contributed by atoms with Crippen molar-refractivity contribution in [1.82, 2.24) is 0 Å². The number of Topliss-reactive ketones (excluding diaryl/α,β-unsaturated/α-hetero) is 1. The SMILES string of the molecule is CCC(CC)(c1ccc(OCS(C)(=O)=O)c(C)c1)c1cc(C)c(CCC(=O)C(C)(C)C)s1. The van der Waals surface area contributed by atoms with Gasteiger partial charge in [0.2, 0.25) is 0 Å². The van der Waals surface area contributed by atoms with Gasteiger partial charge in [0.15, 0.2) is 15.8 Å². The first-order valence-corrected chi connectivity index (χ1v) is 14.2. The first-order chi connectivity index (χ1) is 14.7. The normalized spacial score (nSPS) is 12.8. The van der Waals surface area contributed by atoms with Gasteiger partial charge < -0.3 is 4.74 Å². The summed E-state index contributed by atoms with van der Waals surface area (Å²) in [5.41, 5.74) is 2.97. The van der Waals surface area contributed by atoms with Crippen molar-refractivity contribution in [2.24, 2.45) is 5.41 Å². The van der Waals surface area contributed by atoms with Crippen molar-refractivity contribution < 1.29 is 17.9 Å². The number of carbonyl (C=O) groups is 1. The van der Waals surface area contributed by atoms with Gasteiger partial charge in [0.25, 0.3) is 0 Å². The van der Waals surface area contributed by atoms with Crippen LogP contribution in [0.4, 0.5) is 0 Å². The van der Waals surface area contributed by atoms with Crippen LogP contribution in [0.25, 0.3) is 0 Å². The molecule has 0 unspecified atom stereocenters. The third kappa shape index (κ3) is 6.22. The van der Waals surface area contributed by atoms with Crippen LogP contribution in [0.1, 0.15) is 80.3 Å². The van der Waals surface area contributed by atoms with E-state index in [1.165, 1.54) is 27.1 Å². The van der Waals surface area contributed by atoms with Crippen molar-refractivity contribution >= 4 is 27.0 Å². The van der Waals surface area contributed by atoms with Crippen molar-refractivity contribution in [3.63, 3.8) is 0 Å². The molecule has 6 heteroatoms. The highest BCUT2D eigenvalue weighted by Gasteiger charge is 2.33. The average Bonchev–Trinajstić information content (AvgIpc) is 3.06. The van der Waals surface area contributed by atoms with Crippen LogP contribution in [0.3, 0.4) is 0 Å². The third-order valence-electron chi connectivity index (χ3n) is 6.27. The zero-order valence-corrected chi connectivity index (χ0v) is 22.4. The third-order valence-corrected chi connectivity index (χ3v) is 8.32. The van der Waals surface area contributed by atoms with Crippen LogP contribution in [-0.2, 0) is 26.5 Å². The molecule has 1 heterocycles. The van der Waals surface area contributed by atoms with E-state index < -0.39 is 9.84 Å². The van der Waals surface area contributed by atoms with Crippen molar-refractivity contribution in [3.05, 3.63) is 50.7 Å². The van der Waals surface area contributed by atoms with Gasteiger partial charge in [0, 0.05) is 33.3 Å². The summed E-state index contributed by atoms with van der Waals surface area (Å²) < 4.78 is 28.4. The summed E-state index contributed by atoms with van der Waals surface area (Å²) in [6.45, 7) is 14.5. The number of hydrogen-bond donors (Lipinski definition) is 0. The molecular weight excluding hydrogens is 440 g/mol. The fraction of sp³-hybridized carbons (Fsp3) is 0.577. The smallest absolute Gasteiger partial charge is 0.188 e. The monoisotopic (exact) mass is 478 g/mol. The first kappa shape index (κ1) is 26.6. The van der Waals surface area contributed by atoms with Gasteiger partial charge in [-0.05, 0) is 61.9 Å². The van der Waals surface area contributed by atoms with E-state index in [0.29, 0.717) is 18.0 Å². The molecule has 0 bridgehead atoms. The van der Waals surface area contributed by atoms with Crippen LogP contribution in [0.5, 0.6) is 5.75 Å². The molecule has 1 aromatic heterocycles. The van der Waals surface area contributed by atoms with Crippen molar-refractivity contribution in [2.45, 2.75) is 79.6 Å². The maximum absolute atomic E-state index is 12.4. The van der Waals surface area contributed by atoms with Crippen molar-refractivity contribution in [3.8, 4) is 5.75 Å². The second-order valence-corrected chi connectivity index (χ2v) is 13.1. The van der Waals surface area contributed by atoms with Gasteiger partial charge in [-0.25, -0.2) is 8.42 Å². The highest BCUT2D eigenvalue weighted by atomic mass is 32.2. The Hall–Kier alpha value is -1.66. The van der Waals surface area contributed by atoms with E-state index in [1.807, 2.05) is 45.1 Å². The van der Waals surface area contributed by atoms with Gasteiger partial charge in [0.1, 0.15) is 11.5 Å². The maximum atomic E-state index is 12.4. The molecule has 0 aliphatic rings. The molecule has 2 rings (SSSR count). The molecule has 4 nitrogen and oxygen atoms in total. The van der Waals surface area contributed by atoms with E-state index in [9.17, 15) is 13.2 Å². The van der Waals surface area contributed by atoms with E-state index in [1.54, 1.807) is 0 Å². The number of ether oxygens (including phenoxy) is 1. The molecule has 0 saturated heterocycles. The van der Waals surface area contributed by atoms with Gasteiger partial charge >= 0.3 is 0 Å². The number of thiophene rings is 1. The second kappa shape index (κ2) is 10.1. The van der Waals surface area contributed by atoms with Crippen LogP contribution in [0, 0.1) is 19.3 Å². The highest BCUT2D eigenvalue weighted by molar-refractivity contribution is 7.90. The number of ketones is 1. The standard InChI is InChI=1S/C26H38O4S2/c1-9-26(10-2,20-11-12-21(18(3)15-20)30-17-32(8,28)29)24-16-19(4)22(31-24)13-14-23(27)25(5,6)7/h11-12,15-16H,9-10,13-14,17H2,1-8H3. The Bertz CT molecular complexity index is 1050. The summed E-state index contributed by atoms with van der Waals surface area (Å²) in [4.78, 5) is 15.0. The lowest BCUT2D eigenvalue weighted by molar-refractivity contribution is -0.126. The Labute approximate surface area is 198 Å². The molecule has 1 aromatic carbocycles. The molecule has 0 aliphatic carbocycles. The predicted molar refractivity (Wildman–Crippen MR) is 135 cm³/mol. The number of rotatable bonds is 10. The Kier molecular flexibility index (Phi) is 8.38. The summed E-state index contributed by atoms with van der Waals surface area (Å²) in [5, 5.41) is 0. The van der Waals surface area contributed by atoms with E-state index in [4.69, 9.17) is 4.74 Å². The van der Waals surface area contributed by atoms with E-state index in [2.05, 4.69) is 39.0 Å². The molecule has 0 amide bonds. The topological polar surface area (TPSA) is 60.4 Å². The summed E-state index contributed by atoms with van der Waals surface area (Å²) in [6.07, 6.45) is 4.43. The average molecular weight is 479 g/mol. The number of benzene rings is 1. The molecule has 2 aromatic rings. The predicted octanol–water partition coefficient (Wildman–Crippen LogP) is 6.40. The fourth-order valence-electron chi connectivity index (χ4n) is 4.03. The lowest BCUT2D eigenvalue weighted by atomic mass is 9.74. The van der Waals surface area contributed by atoms with E-state index in [-0.39, 0.29) is 16.8 Å². The maximum Gasteiger partial charge on any atom is 0.188 e. The zero-order valence-electron chi connectivity index (χ0n) is 20.8. The Morgan fingerprint density at radius 2 is 1.66 bits per heavy atom. The molecule has 0 spiro atoms. The van der Waals surface area contributed by atoms with Crippen LogP contribution in [-0.4, -0.2) is 26.4 Å². The molecule has 0 saturated carbocycles. The van der Waals surface area contributed by atoms with Crippen LogP contribution >= 0.6 is 11.3 Å². The second-order valence-electron chi connectivity index (χ2n) is 9.85. The largest absolute Gasteiger partial charge is 0.478 e. The summed E-state index contributed by atoms with van der Waals surface area (Å²) in [6, 6.07) is 8.37. The lowest BCUT2D eigenvalue weighted by Crippen LogP contribution is -2.25. The minimum absolute atomic E-state index is 0.123. The highest BCUT2D eigenvalue weighted by Crippen LogP contribution is 2.44. The summed E-state index contributed by atoms with van der Waals surface area (Å²) in [5.74, 6) is 0.578. The Morgan fingerprint density at radius 3 is 2.16 bits per heavy atom. The zero-order chi connectivity index (χ0) is 24.3. The molecule has 32 heavy (non-hydrogen) atoms. The van der Waals surface area contributed by atoms with Crippen LogP contribution in [0.2, 0.25) is 0 Å². The molecule has 0 radical (unpaired) electrons. The molecule has 178 valence electrons. The number of hydrogen-bond acceptors (Lipinski definition) is 5. The van der Waals surface area contributed by atoms with Crippen molar-refractivity contribution in [2.75, 3.05) is 12.2 Å². The van der Waals surface area contributed by atoms with Gasteiger partial charge in [-0.15, -0.1) is 11.3 Å². The minimum atomic E-state index is -3.20.